The average molecular weight is 278 g/mol. The fourth-order valence-corrected chi connectivity index (χ4v) is 2.08. The minimum Gasteiger partial charge on any atom is -0.496 e. The van der Waals surface area contributed by atoms with Crippen LogP contribution >= 0.6 is 0 Å². The number of benzene rings is 1. The van der Waals surface area contributed by atoms with E-state index in [-0.39, 0.29) is 0 Å². The number of ether oxygens (including phenoxy) is 3. The standard InChI is InChI=1S/C14H18N2O4/c1-5-8-13(20-16-14(8)15)9-6-11(18-3)12(19-4)7-10(9)17-2/h6-7H,5H2,1-4H3,(H2,15,16). The van der Waals surface area contributed by atoms with Crippen LogP contribution in [0.5, 0.6) is 17.2 Å². The number of hydrogen-bond donors (Lipinski definition) is 1. The molecule has 0 atom stereocenters. The summed E-state index contributed by atoms with van der Waals surface area (Å²) in [6, 6.07) is 3.53. The van der Waals surface area contributed by atoms with E-state index in [2.05, 4.69) is 5.16 Å². The lowest BCUT2D eigenvalue weighted by atomic mass is 10.0. The van der Waals surface area contributed by atoms with Crippen LogP contribution in [0.4, 0.5) is 5.82 Å². The Morgan fingerprint density at radius 1 is 1.05 bits per heavy atom. The van der Waals surface area contributed by atoms with Gasteiger partial charge in [0.15, 0.2) is 23.1 Å². The molecule has 108 valence electrons. The largest absolute Gasteiger partial charge is 0.496 e. The van der Waals surface area contributed by atoms with Gasteiger partial charge in [-0.15, -0.1) is 0 Å². The van der Waals surface area contributed by atoms with E-state index in [9.17, 15) is 0 Å². The van der Waals surface area contributed by atoms with Crippen LogP contribution in [0.2, 0.25) is 0 Å². The van der Waals surface area contributed by atoms with Crippen molar-refractivity contribution >= 4 is 5.82 Å². The van der Waals surface area contributed by atoms with Crippen molar-refractivity contribution in [2.45, 2.75) is 13.3 Å². The van der Waals surface area contributed by atoms with Gasteiger partial charge in [-0.2, -0.15) is 0 Å². The number of anilines is 1. The molecule has 6 heteroatoms. The Labute approximate surface area is 117 Å². The fourth-order valence-electron chi connectivity index (χ4n) is 2.08. The molecular formula is C14H18N2O4. The maximum Gasteiger partial charge on any atom is 0.176 e. The fraction of sp³-hybridized carbons (Fsp3) is 0.357. The van der Waals surface area contributed by atoms with E-state index >= 15 is 0 Å². The molecule has 0 spiro atoms. The molecular weight excluding hydrogens is 260 g/mol. The Balaban J connectivity index is 2.65. The molecule has 6 nitrogen and oxygen atoms in total. The van der Waals surface area contributed by atoms with Crippen LogP contribution < -0.4 is 19.9 Å². The third-order valence-corrected chi connectivity index (χ3v) is 3.12. The average Bonchev–Trinajstić information content (AvgIpc) is 2.86. The number of nitrogens with zero attached hydrogens (tertiary/aromatic N) is 1. The molecule has 0 bridgehead atoms. The number of methoxy groups -OCH3 is 3. The molecule has 0 amide bonds. The van der Waals surface area contributed by atoms with Gasteiger partial charge >= 0.3 is 0 Å². The van der Waals surface area contributed by atoms with E-state index in [1.807, 2.05) is 6.92 Å². The highest BCUT2D eigenvalue weighted by molar-refractivity contribution is 5.75. The van der Waals surface area contributed by atoms with Gasteiger partial charge in [0.2, 0.25) is 0 Å². The summed E-state index contributed by atoms with van der Waals surface area (Å²) in [6.45, 7) is 1.99. The van der Waals surface area contributed by atoms with Gasteiger partial charge in [0.05, 0.1) is 26.9 Å². The Hall–Kier alpha value is -2.37. The molecule has 0 fully saturated rings. The van der Waals surface area contributed by atoms with Gasteiger partial charge in [0.25, 0.3) is 0 Å². The molecule has 0 saturated carbocycles. The first kappa shape index (κ1) is 14.0. The monoisotopic (exact) mass is 278 g/mol. The first-order valence-electron chi connectivity index (χ1n) is 6.20. The Kier molecular flexibility index (Phi) is 4.02. The third-order valence-electron chi connectivity index (χ3n) is 3.12. The maximum atomic E-state index is 5.81. The Morgan fingerprint density at radius 2 is 1.65 bits per heavy atom. The lowest BCUT2D eigenvalue weighted by Crippen LogP contribution is -1.96. The van der Waals surface area contributed by atoms with Crippen molar-refractivity contribution in [3.05, 3.63) is 17.7 Å². The summed E-state index contributed by atoms with van der Waals surface area (Å²) < 4.78 is 21.3. The number of aromatic nitrogens is 1. The minimum absolute atomic E-state index is 0.388. The Morgan fingerprint density at radius 3 is 2.20 bits per heavy atom. The van der Waals surface area contributed by atoms with Crippen molar-refractivity contribution in [1.82, 2.24) is 5.16 Å². The SMILES string of the molecule is CCc1c(N)noc1-c1cc(OC)c(OC)cc1OC. The predicted molar refractivity (Wildman–Crippen MR) is 75.4 cm³/mol. The van der Waals surface area contributed by atoms with Crippen LogP contribution in [0, 0.1) is 0 Å². The van der Waals surface area contributed by atoms with Gasteiger partial charge in [0.1, 0.15) is 5.75 Å². The first-order valence-corrected chi connectivity index (χ1v) is 6.20. The zero-order valence-corrected chi connectivity index (χ0v) is 12.0. The molecule has 1 heterocycles. The lowest BCUT2D eigenvalue weighted by molar-refractivity contribution is 0.348. The number of hydrogen-bond acceptors (Lipinski definition) is 6. The highest BCUT2D eigenvalue weighted by Crippen LogP contribution is 2.42. The van der Waals surface area contributed by atoms with Gasteiger partial charge in [-0.3, -0.25) is 0 Å². The van der Waals surface area contributed by atoms with Crippen molar-refractivity contribution in [2.75, 3.05) is 27.1 Å². The summed E-state index contributed by atoms with van der Waals surface area (Å²) >= 11 is 0. The summed E-state index contributed by atoms with van der Waals surface area (Å²) in [4.78, 5) is 0. The normalized spacial score (nSPS) is 10.4. The number of rotatable bonds is 5. The molecule has 0 aliphatic heterocycles. The third kappa shape index (κ3) is 2.24. The summed E-state index contributed by atoms with van der Waals surface area (Å²) in [6.07, 6.45) is 0.710. The van der Waals surface area contributed by atoms with Crippen molar-refractivity contribution in [2.24, 2.45) is 0 Å². The summed E-state index contributed by atoms with van der Waals surface area (Å²) in [5.41, 5.74) is 7.38. The number of nitrogen functional groups attached to an aromatic ring is 1. The van der Waals surface area contributed by atoms with Gasteiger partial charge in [0, 0.05) is 11.6 Å². The molecule has 2 aromatic rings. The van der Waals surface area contributed by atoms with Crippen LogP contribution in [0.3, 0.4) is 0 Å². The second-order valence-corrected chi connectivity index (χ2v) is 4.14. The lowest BCUT2D eigenvalue weighted by Gasteiger charge is -2.13. The summed E-state index contributed by atoms with van der Waals surface area (Å²) in [5, 5.41) is 3.81. The van der Waals surface area contributed by atoms with Crippen LogP contribution in [-0.4, -0.2) is 26.5 Å². The van der Waals surface area contributed by atoms with Crippen molar-refractivity contribution in [3.63, 3.8) is 0 Å². The molecule has 0 aliphatic rings. The molecule has 2 rings (SSSR count). The second kappa shape index (κ2) is 5.73. The Bertz CT molecular complexity index is 607. The topological polar surface area (TPSA) is 79.7 Å². The maximum absolute atomic E-state index is 5.81. The van der Waals surface area contributed by atoms with E-state index in [1.54, 1.807) is 33.5 Å². The van der Waals surface area contributed by atoms with Gasteiger partial charge < -0.3 is 24.5 Å². The van der Waals surface area contributed by atoms with Crippen molar-refractivity contribution < 1.29 is 18.7 Å². The van der Waals surface area contributed by atoms with E-state index in [0.29, 0.717) is 35.2 Å². The van der Waals surface area contributed by atoms with E-state index in [4.69, 9.17) is 24.5 Å². The second-order valence-electron chi connectivity index (χ2n) is 4.14. The molecule has 1 aromatic heterocycles. The van der Waals surface area contributed by atoms with Gasteiger partial charge in [-0.1, -0.05) is 12.1 Å². The molecule has 20 heavy (non-hydrogen) atoms. The molecule has 0 aliphatic carbocycles. The predicted octanol–water partition coefficient (Wildman–Crippen LogP) is 2.51. The highest BCUT2D eigenvalue weighted by Gasteiger charge is 2.21. The van der Waals surface area contributed by atoms with Crippen LogP contribution in [-0.2, 0) is 6.42 Å². The van der Waals surface area contributed by atoms with Crippen LogP contribution in [0.25, 0.3) is 11.3 Å². The molecule has 0 saturated heterocycles. The zero-order valence-electron chi connectivity index (χ0n) is 12.0. The van der Waals surface area contributed by atoms with Crippen LogP contribution in [0.15, 0.2) is 16.7 Å². The number of nitrogens with two attached hydrogens (primary N) is 1. The zero-order chi connectivity index (χ0) is 14.7. The van der Waals surface area contributed by atoms with Gasteiger partial charge in [-0.25, -0.2) is 0 Å². The minimum atomic E-state index is 0.388. The van der Waals surface area contributed by atoms with Gasteiger partial charge in [-0.05, 0) is 12.5 Å². The summed E-state index contributed by atoms with van der Waals surface area (Å²) in [5.74, 6) is 2.75. The van der Waals surface area contributed by atoms with Crippen LogP contribution in [0.1, 0.15) is 12.5 Å². The van der Waals surface area contributed by atoms with Crippen molar-refractivity contribution in [3.8, 4) is 28.6 Å². The molecule has 0 unspecified atom stereocenters. The highest BCUT2D eigenvalue weighted by atomic mass is 16.5. The van der Waals surface area contributed by atoms with E-state index in [1.165, 1.54) is 0 Å². The van der Waals surface area contributed by atoms with Crippen molar-refractivity contribution in [1.29, 1.82) is 0 Å². The smallest absolute Gasteiger partial charge is 0.176 e. The van der Waals surface area contributed by atoms with E-state index < -0.39 is 0 Å². The van der Waals surface area contributed by atoms with E-state index in [0.717, 1.165) is 11.1 Å². The molecule has 2 N–H and O–H groups in total. The first-order chi connectivity index (χ1) is 9.65. The molecule has 0 radical (unpaired) electrons. The quantitative estimate of drug-likeness (QED) is 0.905. The molecule has 1 aromatic carbocycles. The summed E-state index contributed by atoms with van der Waals surface area (Å²) in [7, 11) is 4.72.